The van der Waals surface area contributed by atoms with Crippen LogP contribution in [0, 0.1) is 12.8 Å². The van der Waals surface area contributed by atoms with Gasteiger partial charge in [0, 0.05) is 38.0 Å². The van der Waals surface area contributed by atoms with Gasteiger partial charge in [0.05, 0.1) is 23.4 Å². The molecule has 7 heteroatoms. The molecule has 0 spiro atoms. The van der Waals surface area contributed by atoms with E-state index >= 15 is 0 Å². The SMILES string of the molecule is CCNC(=NCC1CCCOC1c1ccccc1)N(C)Cc1csc(C)n1.I. The maximum atomic E-state index is 6.12. The first-order valence-corrected chi connectivity index (χ1v) is 10.6. The molecular weight excluding hydrogens is 483 g/mol. The summed E-state index contributed by atoms with van der Waals surface area (Å²) < 4.78 is 6.12. The second-order valence-electron chi connectivity index (χ2n) is 7.01. The summed E-state index contributed by atoms with van der Waals surface area (Å²) in [4.78, 5) is 11.7. The van der Waals surface area contributed by atoms with E-state index in [1.807, 2.05) is 6.92 Å². The molecule has 0 amide bonds. The molecule has 3 rings (SSSR count). The molecule has 2 heterocycles. The van der Waals surface area contributed by atoms with Crippen molar-refractivity contribution in [2.24, 2.45) is 10.9 Å². The van der Waals surface area contributed by atoms with Gasteiger partial charge in [-0.2, -0.15) is 0 Å². The van der Waals surface area contributed by atoms with Crippen molar-refractivity contribution < 1.29 is 4.74 Å². The highest BCUT2D eigenvalue weighted by molar-refractivity contribution is 14.0. The van der Waals surface area contributed by atoms with Crippen molar-refractivity contribution in [1.29, 1.82) is 0 Å². The second kappa shape index (κ2) is 11.7. The zero-order chi connectivity index (χ0) is 19.1. The zero-order valence-corrected chi connectivity index (χ0v) is 20.1. The third-order valence-electron chi connectivity index (χ3n) is 4.81. The smallest absolute Gasteiger partial charge is 0.194 e. The summed E-state index contributed by atoms with van der Waals surface area (Å²) >= 11 is 1.69. The van der Waals surface area contributed by atoms with Crippen molar-refractivity contribution >= 4 is 41.3 Å². The number of aromatic nitrogens is 1. The monoisotopic (exact) mass is 514 g/mol. The lowest BCUT2D eigenvalue weighted by Gasteiger charge is -2.31. The van der Waals surface area contributed by atoms with E-state index < -0.39 is 0 Å². The third kappa shape index (κ3) is 6.42. The summed E-state index contributed by atoms with van der Waals surface area (Å²) in [7, 11) is 2.07. The van der Waals surface area contributed by atoms with E-state index in [2.05, 4.69) is 64.9 Å². The number of hydrogen-bond donors (Lipinski definition) is 1. The second-order valence-corrected chi connectivity index (χ2v) is 8.08. The molecule has 5 nitrogen and oxygen atoms in total. The van der Waals surface area contributed by atoms with Crippen molar-refractivity contribution in [3.8, 4) is 0 Å². The van der Waals surface area contributed by atoms with Gasteiger partial charge < -0.3 is 15.0 Å². The number of nitrogens with one attached hydrogen (secondary N) is 1. The van der Waals surface area contributed by atoms with Gasteiger partial charge in [0.15, 0.2) is 5.96 Å². The Morgan fingerprint density at radius 1 is 1.36 bits per heavy atom. The molecule has 2 unspecified atom stereocenters. The summed E-state index contributed by atoms with van der Waals surface area (Å²) in [5.41, 5.74) is 2.35. The molecule has 0 radical (unpaired) electrons. The molecule has 0 saturated carbocycles. The Morgan fingerprint density at radius 3 is 2.82 bits per heavy atom. The third-order valence-corrected chi connectivity index (χ3v) is 5.63. The van der Waals surface area contributed by atoms with Crippen molar-refractivity contribution in [2.45, 2.75) is 39.3 Å². The van der Waals surface area contributed by atoms with E-state index in [-0.39, 0.29) is 30.1 Å². The maximum absolute atomic E-state index is 6.12. The minimum absolute atomic E-state index is 0. The molecule has 1 aliphatic heterocycles. The van der Waals surface area contributed by atoms with Gasteiger partial charge in [-0.05, 0) is 32.3 Å². The normalized spacial score (nSPS) is 19.8. The molecule has 1 aromatic heterocycles. The van der Waals surface area contributed by atoms with Crippen LogP contribution in [0.5, 0.6) is 0 Å². The average Bonchev–Trinajstić information content (AvgIpc) is 3.10. The van der Waals surface area contributed by atoms with Crippen molar-refractivity contribution in [2.75, 3.05) is 26.7 Å². The molecule has 154 valence electrons. The quantitative estimate of drug-likeness (QED) is 0.347. The van der Waals surface area contributed by atoms with E-state index in [0.29, 0.717) is 5.92 Å². The van der Waals surface area contributed by atoms with Crippen molar-refractivity contribution in [3.63, 3.8) is 0 Å². The van der Waals surface area contributed by atoms with Gasteiger partial charge >= 0.3 is 0 Å². The Labute approximate surface area is 189 Å². The summed E-state index contributed by atoms with van der Waals surface area (Å²) in [6.45, 7) is 7.36. The van der Waals surface area contributed by atoms with Gasteiger partial charge in [-0.15, -0.1) is 35.3 Å². The van der Waals surface area contributed by atoms with Crippen LogP contribution in [0.15, 0.2) is 40.7 Å². The summed E-state index contributed by atoms with van der Waals surface area (Å²) in [6.07, 6.45) is 2.39. The van der Waals surface area contributed by atoms with Crippen LogP contribution >= 0.6 is 35.3 Å². The van der Waals surface area contributed by atoms with Gasteiger partial charge in [0.2, 0.25) is 0 Å². The van der Waals surface area contributed by atoms with E-state index in [1.54, 1.807) is 11.3 Å². The summed E-state index contributed by atoms with van der Waals surface area (Å²) in [5.74, 6) is 1.34. The Kier molecular flexibility index (Phi) is 9.67. The van der Waals surface area contributed by atoms with Crippen LogP contribution < -0.4 is 5.32 Å². The molecule has 1 aliphatic rings. The summed E-state index contributed by atoms with van der Waals surface area (Å²) in [6, 6.07) is 10.5. The van der Waals surface area contributed by atoms with Crippen molar-refractivity contribution in [1.82, 2.24) is 15.2 Å². The topological polar surface area (TPSA) is 49.8 Å². The first kappa shape index (κ1) is 23.1. The van der Waals surface area contributed by atoms with E-state index in [4.69, 9.17) is 9.73 Å². The van der Waals surface area contributed by atoms with Crippen LogP contribution in [0.1, 0.15) is 42.1 Å². The van der Waals surface area contributed by atoms with E-state index in [1.165, 1.54) is 5.56 Å². The fraction of sp³-hybridized carbons (Fsp3) is 0.524. The first-order chi connectivity index (χ1) is 13.2. The molecule has 28 heavy (non-hydrogen) atoms. The van der Waals surface area contributed by atoms with Crippen LogP contribution in [0.25, 0.3) is 0 Å². The fourth-order valence-electron chi connectivity index (χ4n) is 3.51. The lowest BCUT2D eigenvalue weighted by molar-refractivity contribution is -0.0250. The minimum atomic E-state index is 0. The predicted molar refractivity (Wildman–Crippen MR) is 128 cm³/mol. The predicted octanol–water partition coefficient (Wildman–Crippen LogP) is 4.63. The Morgan fingerprint density at radius 2 is 2.14 bits per heavy atom. The number of benzene rings is 1. The zero-order valence-electron chi connectivity index (χ0n) is 16.9. The van der Waals surface area contributed by atoms with Crippen LogP contribution in [0.4, 0.5) is 0 Å². The maximum Gasteiger partial charge on any atom is 0.194 e. The summed E-state index contributed by atoms with van der Waals surface area (Å²) in [5, 5.41) is 6.64. The molecule has 1 N–H and O–H groups in total. The number of ether oxygens (including phenoxy) is 1. The van der Waals surface area contributed by atoms with E-state index in [0.717, 1.165) is 55.7 Å². The number of halogens is 1. The number of aryl methyl sites for hydroxylation is 1. The van der Waals surface area contributed by atoms with Gasteiger partial charge in [0.25, 0.3) is 0 Å². The Balaban J connectivity index is 0.00000280. The lowest BCUT2D eigenvalue weighted by atomic mass is 9.89. The molecule has 0 bridgehead atoms. The molecule has 2 atom stereocenters. The Hall–Kier alpha value is -1.19. The lowest BCUT2D eigenvalue weighted by Crippen LogP contribution is -2.39. The molecule has 1 saturated heterocycles. The molecule has 2 aromatic rings. The highest BCUT2D eigenvalue weighted by Crippen LogP contribution is 2.33. The number of nitrogens with zero attached hydrogens (tertiary/aromatic N) is 3. The highest BCUT2D eigenvalue weighted by atomic mass is 127. The standard InChI is InChI=1S/C21H30N4OS.HI/c1-4-22-21(25(3)14-19-15-27-16(2)24-19)23-13-18-11-8-12-26-20(18)17-9-6-5-7-10-17;/h5-7,9-10,15,18,20H,4,8,11-14H2,1-3H3,(H,22,23);1H. The van der Waals surface area contributed by atoms with Crippen molar-refractivity contribution in [3.05, 3.63) is 52.0 Å². The van der Waals surface area contributed by atoms with Crippen LogP contribution in [0.3, 0.4) is 0 Å². The fourth-order valence-corrected chi connectivity index (χ4v) is 4.12. The number of guanidine groups is 1. The number of thiazole rings is 1. The van der Waals surface area contributed by atoms with Gasteiger partial charge in [-0.1, -0.05) is 30.3 Å². The molecule has 1 aromatic carbocycles. The average molecular weight is 514 g/mol. The molecule has 1 fully saturated rings. The van der Waals surface area contributed by atoms with Gasteiger partial charge in [-0.3, -0.25) is 4.99 Å². The van der Waals surface area contributed by atoms with Crippen LogP contribution in [0.2, 0.25) is 0 Å². The number of rotatable bonds is 6. The number of hydrogen-bond acceptors (Lipinski definition) is 4. The van der Waals surface area contributed by atoms with Crippen LogP contribution in [-0.2, 0) is 11.3 Å². The first-order valence-electron chi connectivity index (χ1n) is 9.74. The van der Waals surface area contributed by atoms with Gasteiger partial charge in [-0.25, -0.2) is 4.98 Å². The van der Waals surface area contributed by atoms with E-state index in [9.17, 15) is 0 Å². The van der Waals surface area contributed by atoms with Crippen LogP contribution in [-0.4, -0.2) is 42.6 Å². The largest absolute Gasteiger partial charge is 0.373 e. The molecule has 0 aliphatic carbocycles. The molecular formula is C21H31IN4OS. The Bertz CT molecular complexity index is 737. The minimum Gasteiger partial charge on any atom is -0.373 e. The van der Waals surface area contributed by atoms with Gasteiger partial charge in [0.1, 0.15) is 0 Å². The highest BCUT2D eigenvalue weighted by Gasteiger charge is 2.27. The number of aliphatic imine (C=N–C) groups is 1.